The number of hydrogen-bond donors (Lipinski definition) is 0. The second kappa shape index (κ2) is 4.68. The average molecular weight is 288 g/mol. The lowest BCUT2D eigenvalue weighted by molar-refractivity contribution is -0.128. The zero-order valence-corrected chi connectivity index (χ0v) is 13.5. The van der Waals surface area contributed by atoms with Crippen LogP contribution >= 0.6 is 7.60 Å². The van der Waals surface area contributed by atoms with Crippen molar-refractivity contribution in [2.75, 3.05) is 13.2 Å². The molecule has 2 aliphatic carbocycles. The van der Waals surface area contributed by atoms with E-state index < -0.39 is 13.3 Å². The van der Waals surface area contributed by atoms with E-state index in [4.69, 9.17) is 9.05 Å². The number of Topliss-reactive ketones (excluding diaryl/α,β-unsaturated/α-hetero) is 1. The average Bonchev–Trinajstić information content (AvgIpc) is 2.61. The van der Waals surface area contributed by atoms with Crippen LogP contribution in [-0.2, 0) is 18.4 Å². The Kier molecular flexibility index (Phi) is 3.75. The maximum absolute atomic E-state index is 13.0. The summed E-state index contributed by atoms with van der Waals surface area (Å²) in [4.78, 5) is 12.8. The van der Waals surface area contributed by atoms with Gasteiger partial charge in [0.05, 0.1) is 13.2 Å². The molecule has 110 valence electrons. The maximum atomic E-state index is 13.0. The Morgan fingerprint density at radius 2 is 1.74 bits per heavy atom. The molecule has 2 fully saturated rings. The fourth-order valence-electron chi connectivity index (χ4n) is 3.96. The summed E-state index contributed by atoms with van der Waals surface area (Å²) < 4.78 is 23.8. The smallest absolute Gasteiger partial charge is 0.308 e. The van der Waals surface area contributed by atoms with E-state index in [1.807, 2.05) is 6.92 Å². The molecule has 2 saturated carbocycles. The molecule has 0 aromatic carbocycles. The molecule has 19 heavy (non-hydrogen) atoms. The van der Waals surface area contributed by atoms with Gasteiger partial charge in [-0.2, -0.15) is 0 Å². The number of carbonyl (C=O) groups excluding carboxylic acids is 1. The summed E-state index contributed by atoms with van der Waals surface area (Å²) in [5, 5.41) is 0. The molecule has 0 radical (unpaired) electrons. The van der Waals surface area contributed by atoms with Gasteiger partial charge in [-0.1, -0.05) is 20.8 Å². The fraction of sp³-hybridized carbons (Fsp3) is 0.929. The van der Waals surface area contributed by atoms with Crippen molar-refractivity contribution in [2.24, 2.45) is 16.7 Å². The van der Waals surface area contributed by atoms with Crippen molar-refractivity contribution < 1.29 is 18.4 Å². The molecule has 0 aliphatic heterocycles. The van der Waals surface area contributed by atoms with Crippen molar-refractivity contribution >= 4 is 13.4 Å². The zero-order chi connectivity index (χ0) is 14.5. The van der Waals surface area contributed by atoms with E-state index >= 15 is 0 Å². The predicted molar refractivity (Wildman–Crippen MR) is 74.3 cm³/mol. The van der Waals surface area contributed by atoms with Gasteiger partial charge in [-0.15, -0.1) is 0 Å². The quantitative estimate of drug-likeness (QED) is 0.725. The summed E-state index contributed by atoms with van der Waals surface area (Å²) in [5.74, 6) is 0.188. The maximum Gasteiger partial charge on any atom is 0.341 e. The zero-order valence-electron chi connectivity index (χ0n) is 12.6. The lowest BCUT2D eigenvalue weighted by Gasteiger charge is -2.32. The molecule has 2 bridgehead atoms. The monoisotopic (exact) mass is 288 g/mol. The normalized spacial score (nSPS) is 37.0. The van der Waals surface area contributed by atoms with Crippen molar-refractivity contribution in [3.8, 4) is 0 Å². The van der Waals surface area contributed by atoms with Crippen molar-refractivity contribution in [2.45, 2.75) is 53.1 Å². The van der Waals surface area contributed by atoms with E-state index in [0.717, 1.165) is 12.8 Å². The molecule has 0 amide bonds. The van der Waals surface area contributed by atoms with Crippen LogP contribution in [0.3, 0.4) is 0 Å². The Bertz CT molecular complexity index is 421. The van der Waals surface area contributed by atoms with Gasteiger partial charge in [0.15, 0.2) is 5.78 Å². The molecule has 4 nitrogen and oxygen atoms in total. The Hall–Kier alpha value is -0.180. The van der Waals surface area contributed by atoms with Crippen molar-refractivity contribution in [1.29, 1.82) is 0 Å². The minimum absolute atomic E-state index is 0.0824. The third-order valence-electron chi connectivity index (χ3n) is 5.46. The number of carbonyl (C=O) groups is 1. The summed E-state index contributed by atoms with van der Waals surface area (Å²) in [6.45, 7) is 10.4. The van der Waals surface area contributed by atoms with Crippen LogP contribution in [0.4, 0.5) is 0 Å². The number of ketones is 1. The molecule has 3 atom stereocenters. The molecule has 0 aromatic rings. The Balaban J connectivity index is 2.42. The van der Waals surface area contributed by atoms with Gasteiger partial charge in [0.2, 0.25) is 0 Å². The lowest BCUT2D eigenvalue weighted by Crippen LogP contribution is -2.35. The van der Waals surface area contributed by atoms with Gasteiger partial charge in [-0.25, -0.2) is 0 Å². The van der Waals surface area contributed by atoms with Crippen LogP contribution in [0.1, 0.15) is 47.5 Å². The highest BCUT2D eigenvalue weighted by Crippen LogP contribution is 2.72. The third kappa shape index (κ3) is 1.87. The summed E-state index contributed by atoms with van der Waals surface area (Å²) in [7, 11) is -3.34. The summed E-state index contributed by atoms with van der Waals surface area (Å²) in [6, 6.07) is 0. The van der Waals surface area contributed by atoms with E-state index in [1.165, 1.54) is 0 Å². The Morgan fingerprint density at radius 1 is 1.21 bits per heavy atom. The summed E-state index contributed by atoms with van der Waals surface area (Å²) in [5.41, 5.74) is -1.08. The van der Waals surface area contributed by atoms with Gasteiger partial charge in [-0.3, -0.25) is 9.36 Å². The molecular formula is C14H25O4P. The van der Waals surface area contributed by atoms with E-state index in [-0.39, 0.29) is 22.5 Å². The second-order valence-corrected chi connectivity index (χ2v) is 8.54. The second-order valence-electron chi connectivity index (χ2n) is 6.38. The molecule has 0 aromatic heterocycles. The standard InChI is InChI=1S/C14H25O4P/c1-6-17-19(16,18-7-2)11-10-8-9-14(5,12(11)15)13(10,3)4/h10-11H,6-9H2,1-5H3/t10-,11+,14-/m1/s1. The van der Waals surface area contributed by atoms with Gasteiger partial charge in [0.25, 0.3) is 0 Å². The molecule has 0 heterocycles. The van der Waals surface area contributed by atoms with Crippen LogP contribution in [0.2, 0.25) is 0 Å². The highest BCUT2D eigenvalue weighted by Gasteiger charge is 2.70. The lowest BCUT2D eigenvalue weighted by atomic mass is 9.70. The first-order valence-corrected chi connectivity index (χ1v) is 8.79. The van der Waals surface area contributed by atoms with Gasteiger partial charge >= 0.3 is 7.60 Å². The molecule has 2 aliphatic rings. The van der Waals surface area contributed by atoms with E-state index in [0.29, 0.717) is 13.2 Å². The van der Waals surface area contributed by atoms with E-state index in [1.54, 1.807) is 13.8 Å². The minimum atomic E-state index is -3.34. The van der Waals surface area contributed by atoms with Crippen LogP contribution in [0.15, 0.2) is 0 Å². The van der Waals surface area contributed by atoms with E-state index in [2.05, 4.69) is 13.8 Å². The van der Waals surface area contributed by atoms with Crippen LogP contribution in [0.5, 0.6) is 0 Å². The fourth-order valence-corrected chi connectivity index (χ4v) is 6.61. The molecule has 0 unspecified atom stereocenters. The number of fused-ring (bicyclic) bond motifs is 2. The van der Waals surface area contributed by atoms with Crippen molar-refractivity contribution in [3.63, 3.8) is 0 Å². The molecule has 5 heteroatoms. The first-order valence-electron chi connectivity index (χ1n) is 7.17. The number of hydrogen-bond acceptors (Lipinski definition) is 4. The van der Waals surface area contributed by atoms with Crippen LogP contribution in [0, 0.1) is 16.7 Å². The van der Waals surface area contributed by atoms with Gasteiger partial charge in [0.1, 0.15) is 5.66 Å². The van der Waals surface area contributed by atoms with Crippen LogP contribution in [-0.4, -0.2) is 24.7 Å². The SMILES string of the molecule is CCOP(=O)(OCC)[C@@H]1C(=O)[C@@]2(C)CC[C@H]1C2(C)C. The molecule has 0 spiro atoms. The Labute approximate surface area is 115 Å². The van der Waals surface area contributed by atoms with Crippen molar-refractivity contribution in [1.82, 2.24) is 0 Å². The molecular weight excluding hydrogens is 263 g/mol. The number of rotatable bonds is 5. The van der Waals surface area contributed by atoms with Crippen LogP contribution in [0.25, 0.3) is 0 Å². The molecule has 2 rings (SSSR count). The largest absolute Gasteiger partial charge is 0.341 e. The van der Waals surface area contributed by atoms with Gasteiger partial charge in [0, 0.05) is 5.41 Å². The van der Waals surface area contributed by atoms with Gasteiger partial charge in [-0.05, 0) is 38.0 Å². The minimum Gasteiger partial charge on any atom is -0.308 e. The highest BCUT2D eigenvalue weighted by molar-refractivity contribution is 7.55. The molecule has 0 N–H and O–H groups in total. The first kappa shape index (κ1) is 15.2. The van der Waals surface area contributed by atoms with Crippen molar-refractivity contribution in [3.05, 3.63) is 0 Å². The van der Waals surface area contributed by atoms with Crippen LogP contribution < -0.4 is 0 Å². The Morgan fingerprint density at radius 3 is 2.11 bits per heavy atom. The van der Waals surface area contributed by atoms with Gasteiger partial charge < -0.3 is 9.05 Å². The molecule has 0 saturated heterocycles. The highest BCUT2D eigenvalue weighted by atomic mass is 31.2. The summed E-state index contributed by atoms with van der Waals surface area (Å²) in [6.07, 6.45) is 1.82. The summed E-state index contributed by atoms with van der Waals surface area (Å²) >= 11 is 0. The predicted octanol–water partition coefficient (Wildman–Crippen LogP) is 3.65. The van der Waals surface area contributed by atoms with E-state index in [9.17, 15) is 9.36 Å². The topological polar surface area (TPSA) is 52.6 Å². The first-order chi connectivity index (χ1) is 8.74. The third-order valence-corrected chi connectivity index (χ3v) is 7.97.